The molecule has 0 fully saturated rings. The van der Waals surface area contributed by atoms with Crippen molar-refractivity contribution in [3.8, 4) is 5.75 Å². The van der Waals surface area contributed by atoms with Crippen molar-refractivity contribution in [1.29, 1.82) is 0 Å². The molecule has 0 spiro atoms. The Hall–Kier alpha value is 0.0564. The number of ether oxygens (including phenoxy) is 1. The fourth-order valence-corrected chi connectivity index (χ4v) is 0.841. The number of rotatable bonds is 5. The summed E-state index contributed by atoms with van der Waals surface area (Å²) >= 11 is 0. The van der Waals surface area contributed by atoms with Gasteiger partial charge in [0.15, 0.2) is 0 Å². The number of carbonyl (C=O) groups is 1. The molecule has 1 aromatic heterocycles. The van der Waals surface area contributed by atoms with Crippen molar-refractivity contribution in [2.24, 2.45) is 0 Å². The van der Waals surface area contributed by atoms with Crippen LogP contribution in [0.2, 0.25) is 0 Å². The maximum absolute atomic E-state index is 10.0. The zero-order chi connectivity index (χ0) is 9.52. The quantitative estimate of drug-likeness (QED) is 0.391. The van der Waals surface area contributed by atoms with E-state index in [1.54, 1.807) is 24.5 Å². The van der Waals surface area contributed by atoms with Gasteiger partial charge in [-0.25, -0.2) is 0 Å². The molecule has 0 amide bonds. The molecule has 5 heteroatoms. The predicted octanol–water partition coefficient (Wildman–Crippen LogP) is -3.01. The van der Waals surface area contributed by atoms with Crippen LogP contribution in [0.4, 0.5) is 0 Å². The number of carbonyl (C=O) groups excluding carboxylic acids is 1. The van der Waals surface area contributed by atoms with Gasteiger partial charge in [-0.15, -0.1) is 0 Å². The number of hydrogen-bond acceptors (Lipinski definition) is 4. The minimum absolute atomic E-state index is 0. The molecule has 70 valence electrons. The Morgan fingerprint density at radius 3 is 2.64 bits per heavy atom. The van der Waals surface area contributed by atoms with Crippen LogP contribution in [0, 0.1) is 0 Å². The Morgan fingerprint density at radius 1 is 1.43 bits per heavy atom. The summed E-state index contributed by atoms with van der Waals surface area (Å²) in [7, 11) is 0. The summed E-state index contributed by atoms with van der Waals surface area (Å²) in [4.78, 5) is 13.9. The largest absolute Gasteiger partial charge is 1.00 e. The first-order valence-corrected chi connectivity index (χ1v) is 4.02. The molecule has 0 aliphatic heterocycles. The second kappa shape index (κ2) is 8.37. The van der Waals surface area contributed by atoms with Crippen LogP contribution in [0.1, 0.15) is 12.8 Å². The number of aliphatic carboxylic acids is 1. The topological polar surface area (TPSA) is 62.2 Å². The Morgan fingerprint density at radius 2 is 2.07 bits per heavy atom. The van der Waals surface area contributed by atoms with Crippen molar-refractivity contribution >= 4 is 5.97 Å². The van der Waals surface area contributed by atoms with Crippen molar-refractivity contribution in [1.82, 2.24) is 4.98 Å². The van der Waals surface area contributed by atoms with E-state index in [0.29, 0.717) is 18.8 Å². The smallest absolute Gasteiger partial charge is 0.550 e. The van der Waals surface area contributed by atoms with Gasteiger partial charge in [0, 0.05) is 18.4 Å². The van der Waals surface area contributed by atoms with Crippen molar-refractivity contribution in [3.63, 3.8) is 0 Å². The molecular formula is C9H10KNO3. The van der Waals surface area contributed by atoms with E-state index in [9.17, 15) is 9.90 Å². The van der Waals surface area contributed by atoms with E-state index in [4.69, 9.17) is 4.74 Å². The van der Waals surface area contributed by atoms with Gasteiger partial charge < -0.3 is 14.6 Å². The first-order chi connectivity index (χ1) is 6.29. The molecule has 0 aliphatic carbocycles. The van der Waals surface area contributed by atoms with Crippen LogP contribution in [0.5, 0.6) is 5.75 Å². The normalized spacial score (nSPS) is 8.86. The predicted molar refractivity (Wildman–Crippen MR) is 44.0 cm³/mol. The van der Waals surface area contributed by atoms with Crippen molar-refractivity contribution in [3.05, 3.63) is 24.5 Å². The van der Waals surface area contributed by atoms with Gasteiger partial charge in [-0.3, -0.25) is 4.98 Å². The average Bonchev–Trinajstić information content (AvgIpc) is 2.14. The standard InChI is InChI=1S/C9H11NO3.K/c11-9(12)2-1-7-13-8-3-5-10-6-4-8;/h3-6H,1-2,7H2,(H,11,12);/q;+1/p-1. The summed E-state index contributed by atoms with van der Waals surface area (Å²) in [5.74, 6) is -0.341. The molecule has 0 N–H and O–H groups in total. The van der Waals surface area contributed by atoms with Crippen LogP contribution in [0.3, 0.4) is 0 Å². The molecule has 1 aromatic rings. The van der Waals surface area contributed by atoms with E-state index < -0.39 is 5.97 Å². The van der Waals surface area contributed by atoms with Crippen molar-refractivity contribution < 1.29 is 66.0 Å². The van der Waals surface area contributed by atoms with Gasteiger partial charge in [0.05, 0.1) is 6.61 Å². The third-order valence-electron chi connectivity index (χ3n) is 1.44. The molecule has 0 aromatic carbocycles. The summed E-state index contributed by atoms with van der Waals surface area (Å²) in [6, 6.07) is 3.44. The molecule has 0 radical (unpaired) electrons. The van der Waals surface area contributed by atoms with Crippen LogP contribution in [0.15, 0.2) is 24.5 Å². The third-order valence-corrected chi connectivity index (χ3v) is 1.44. The summed E-state index contributed by atoms with van der Waals surface area (Å²) in [6.45, 7) is 0.387. The first kappa shape index (κ1) is 14.1. The molecule has 4 nitrogen and oxygen atoms in total. The fraction of sp³-hybridized carbons (Fsp3) is 0.333. The number of hydrogen-bond donors (Lipinski definition) is 0. The minimum atomic E-state index is -1.04. The van der Waals surface area contributed by atoms with Gasteiger partial charge in [0.1, 0.15) is 5.75 Å². The zero-order valence-corrected chi connectivity index (χ0v) is 11.2. The first-order valence-electron chi connectivity index (χ1n) is 4.02. The summed E-state index contributed by atoms with van der Waals surface area (Å²) in [5.41, 5.74) is 0. The molecule has 14 heavy (non-hydrogen) atoms. The van der Waals surface area contributed by atoms with Gasteiger partial charge in [-0.1, -0.05) is 0 Å². The van der Waals surface area contributed by atoms with Crippen LogP contribution < -0.4 is 61.2 Å². The molecule has 0 unspecified atom stereocenters. The maximum atomic E-state index is 10.0. The van der Waals surface area contributed by atoms with Gasteiger partial charge in [-0.2, -0.15) is 0 Å². The van der Waals surface area contributed by atoms with E-state index in [2.05, 4.69) is 4.98 Å². The Labute approximate surface area is 125 Å². The van der Waals surface area contributed by atoms with Gasteiger partial charge in [0.25, 0.3) is 0 Å². The van der Waals surface area contributed by atoms with E-state index in [0.717, 1.165) is 0 Å². The van der Waals surface area contributed by atoms with E-state index >= 15 is 0 Å². The summed E-state index contributed by atoms with van der Waals surface area (Å²) < 4.78 is 5.23. The molecule has 0 saturated heterocycles. The number of aromatic nitrogens is 1. The molecule has 0 aliphatic rings. The van der Waals surface area contributed by atoms with Crippen LogP contribution in [-0.2, 0) is 4.79 Å². The third kappa shape index (κ3) is 6.50. The molecule has 1 rings (SSSR count). The Kier molecular flexibility index (Phi) is 8.41. The summed E-state index contributed by atoms with van der Waals surface area (Å²) in [6.07, 6.45) is 3.73. The monoisotopic (exact) mass is 219 g/mol. The number of nitrogens with zero attached hydrogens (tertiary/aromatic N) is 1. The van der Waals surface area contributed by atoms with Crippen molar-refractivity contribution in [2.45, 2.75) is 12.8 Å². The van der Waals surface area contributed by atoms with Crippen LogP contribution in [-0.4, -0.2) is 17.6 Å². The second-order valence-electron chi connectivity index (χ2n) is 2.51. The average molecular weight is 219 g/mol. The maximum Gasteiger partial charge on any atom is 1.00 e. The molecule has 1 heterocycles. The number of carboxylic acids is 1. The van der Waals surface area contributed by atoms with Gasteiger partial charge >= 0.3 is 51.4 Å². The van der Waals surface area contributed by atoms with E-state index in [1.165, 1.54) is 0 Å². The Bertz CT molecular complexity index is 266. The fourth-order valence-electron chi connectivity index (χ4n) is 0.841. The molecule has 0 saturated carbocycles. The second-order valence-corrected chi connectivity index (χ2v) is 2.51. The Balaban J connectivity index is 0.00000169. The molecule has 0 atom stereocenters. The van der Waals surface area contributed by atoms with Crippen molar-refractivity contribution in [2.75, 3.05) is 6.61 Å². The molecule has 0 bridgehead atoms. The van der Waals surface area contributed by atoms with Gasteiger partial charge in [-0.05, 0) is 25.0 Å². The minimum Gasteiger partial charge on any atom is -0.550 e. The summed E-state index contributed by atoms with van der Waals surface area (Å²) in [5, 5.41) is 10.0. The number of carboxylic acid groups (broad SMARTS) is 1. The van der Waals surface area contributed by atoms with Crippen LogP contribution >= 0.6 is 0 Å². The SMILES string of the molecule is O=C([O-])CCCOc1ccncc1.[K+]. The number of pyridine rings is 1. The van der Waals surface area contributed by atoms with E-state index in [-0.39, 0.29) is 57.8 Å². The van der Waals surface area contributed by atoms with Crippen LogP contribution in [0.25, 0.3) is 0 Å². The molecular weight excluding hydrogens is 209 g/mol. The van der Waals surface area contributed by atoms with Gasteiger partial charge in [0.2, 0.25) is 0 Å². The zero-order valence-electron chi connectivity index (χ0n) is 8.10. The van der Waals surface area contributed by atoms with E-state index in [1.807, 2.05) is 0 Å².